The molecule has 12 nitrogen and oxygen atoms in total. The first-order valence-electron chi connectivity index (χ1n) is 14.8. The summed E-state index contributed by atoms with van der Waals surface area (Å²) in [4.78, 5) is 25.9. The summed E-state index contributed by atoms with van der Waals surface area (Å²) in [5, 5.41) is 15.9. The summed E-state index contributed by atoms with van der Waals surface area (Å²) in [5.74, 6) is 1.57. The highest BCUT2D eigenvalue weighted by atomic mass is 16.6. The summed E-state index contributed by atoms with van der Waals surface area (Å²) in [6.45, 7) is 0.0379. The van der Waals surface area contributed by atoms with Gasteiger partial charge in [-0.1, -0.05) is 54.6 Å². The van der Waals surface area contributed by atoms with Crippen molar-refractivity contribution in [3.63, 3.8) is 0 Å². The number of aromatic amines is 1. The molecule has 2 aromatic heterocycles. The van der Waals surface area contributed by atoms with E-state index in [1.54, 1.807) is 25.5 Å². The van der Waals surface area contributed by atoms with Crippen molar-refractivity contribution in [2.24, 2.45) is 4.99 Å². The largest absolute Gasteiger partial charge is 0.497 e. The second kappa shape index (κ2) is 13.1. The number of rotatable bonds is 11. The Labute approximate surface area is 265 Å². The molecule has 2 N–H and O–H groups in total. The van der Waals surface area contributed by atoms with Crippen LogP contribution in [-0.2, 0) is 15.1 Å². The Bertz CT molecular complexity index is 1810. The molecule has 46 heavy (non-hydrogen) atoms. The molecule has 12 heteroatoms. The van der Waals surface area contributed by atoms with Crippen molar-refractivity contribution in [2.75, 3.05) is 34.9 Å². The third-order valence-corrected chi connectivity index (χ3v) is 7.98. The van der Waals surface area contributed by atoms with Crippen LogP contribution in [0, 0.1) is 0 Å². The molecule has 0 saturated carbocycles. The number of H-pyrrole nitrogens is 1. The minimum atomic E-state index is -1.08. The number of aliphatic imine (C=N–C) groups is 1. The molecule has 3 atom stereocenters. The average molecular weight is 625 g/mol. The first kappa shape index (κ1) is 31.0. The molecule has 5 aromatic rings. The third-order valence-electron chi connectivity index (χ3n) is 7.98. The monoisotopic (exact) mass is 624 g/mol. The molecule has 0 radical (unpaired) electrons. The topological polar surface area (TPSA) is 136 Å². The van der Waals surface area contributed by atoms with Crippen LogP contribution in [0.25, 0.3) is 11.0 Å². The van der Waals surface area contributed by atoms with Crippen LogP contribution >= 0.6 is 0 Å². The Hall–Kier alpha value is -5.04. The number of methoxy groups -OCH3 is 2. The van der Waals surface area contributed by atoms with Gasteiger partial charge in [-0.3, -0.25) is 9.78 Å². The Kier molecular flexibility index (Phi) is 8.84. The van der Waals surface area contributed by atoms with Gasteiger partial charge in [0.2, 0.25) is 5.95 Å². The van der Waals surface area contributed by atoms with Gasteiger partial charge >= 0.3 is 0 Å². The Balaban J connectivity index is 1.35. The molecule has 0 aliphatic carbocycles. The highest BCUT2D eigenvalue weighted by Crippen LogP contribution is 2.43. The number of aromatic nitrogens is 4. The maximum atomic E-state index is 12.7. The van der Waals surface area contributed by atoms with Crippen LogP contribution in [0.4, 0.5) is 5.95 Å². The van der Waals surface area contributed by atoms with Gasteiger partial charge in [-0.2, -0.15) is 10.1 Å². The zero-order valence-electron chi connectivity index (χ0n) is 26.0. The number of nitrogens with one attached hydrogen (secondary N) is 1. The number of fused-ring (bicyclic) bond motifs is 1. The first-order valence-corrected chi connectivity index (χ1v) is 14.8. The standard InChI is InChI=1S/C34H36N6O6/c1-39(2)21-35-33-37-31-27(32(42)38-33)19-36-40(31)30-18-28(41)29(46-30)20-45-34(22-8-6-5-7-9-22,23-10-14-25(43-3)15-11-23)24-12-16-26(44-4)17-13-24/h5-17,19,21,28-30,41H,18,20H2,1-4H3,(H,37,38,42)/b35-21+/t28-,29+,30+/m0/s1. The number of nitrogens with zero attached hydrogens (tertiary/aromatic N) is 5. The van der Waals surface area contributed by atoms with E-state index in [2.05, 4.69) is 20.1 Å². The van der Waals surface area contributed by atoms with Gasteiger partial charge in [0.15, 0.2) is 11.9 Å². The van der Waals surface area contributed by atoms with Crippen LogP contribution in [0.2, 0.25) is 0 Å². The number of benzene rings is 3. The molecule has 0 unspecified atom stereocenters. The summed E-state index contributed by atoms with van der Waals surface area (Å²) in [6.07, 6.45) is 0.926. The third kappa shape index (κ3) is 5.97. The van der Waals surface area contributed by atoms with Gasteiger partial charge in [0.05, 0.1) is 39.5 Å². The molecule has 1 saturated heterocycles. The van der Waals surface area contributed by atoms with E-state index >= 15 is 0 Å². The molecular weight excluding hydrogens is 588 g/mol. The highest BCUT2D eigenvalue weighted by Gasteiger charge is 2.42. The van der Waals surface area contributed by atoms with Gasteiger partial charge in [0.1, 0.15) is 28.6 Å². The lowest BCUT2D eigenvalue weighted by Crippen LogP contribution is -2.38. The zero-order valence-corrected chi connectivity index (χ0v) is 26.0. The van der Waals surface area contributed by atoms with Crippen molar-refractivity contribution in [3.8, 4) is 11.5 Å². The number of hydrogen-bond donors (Lipinski definition) is 2. The summed E-state index contributed by atoms with van der Waals surface area (Å²) < 4.78 is 25.7. The minimum Gasteiger partial charge on any atom is -0.497 e. The Morgan fingerprint density at radius 2 is 1.61 bits per heavy atom. The van der Waals surface area contributed by atoms with Crippen molar-refractivity contribution in [2.45, 2.75) is 30.5 Å². The maximum Gasteiger partial charge on any atom is 0.263 e. The molecule has 0 bridgehead atoms. The lowest BCUT2D eigenvalue weighted by molar-refractivity contribution is -0.0949. The molecule has 1 aliphatic rings. The van der Waals surface area contributed by atoms with Crippen LogP contribution in [0.1, 0.15) is 29.3 Å². The molecule has 3 aromatic carbocycles. The Morgan fingerprint density at radius 1 is 1.00 bits per heavy atom. The average Bonchev–Trinajstić information content (AvgIpc) is 3.68. The number of hydrogen-bond acceptors (Lipinski definition) is 9. The maximum absolute atomic E-state index is 12.7. The summed E-state index contributed by atoms with van der Waals surface area (Å²) in [6, 6.07) is 25.4. The predicted octanol–water partition coefficient (Wildman–Crippen LogP) is 4.02. The van der Waals surface area contributed by atoms with Gasteiger partial charge in [0.25, 0.3) is 5.56 Å². The highest BCUT2D eigenvalue weighted by molar-refractivity contribution is 5.74. The van der Waals surface area contributed by atoms with Gasteiger partial charge < -0.3 is 29.0 Å². The molecule has 238 valence electrons. The minimum absolute atomic E-state index is 0.0379. The molecule has 1 aliphatic heterocycles. The van der Waals surface area contributed by atoms with Crippen molar-refractivity contribution in [3.05, 3.63) is 112 Å². The quantitative estimate of drug-likeness (QED) is 0.127. The van der Waals surface area contributed by atoms with E-state index in [4.69, 9.17) is 18.9 Å². The fourth-order valence-electron chi connectivity index (χ4n) is 5.66. The summed E-state index contributed by atoms with van der Waals surface area (Å²) in [7, 11) is 6.88. The van der Waals surface area contributed by atoms with E-state index in [0.717, 1.165) is 16.7 Å². The van der Waals surface area contributed by atoms with E-state index < -0.39 is 24.0 Å². The van der Waals surface area contributed by atoms with Crippen LogP contribution in [0.3, 0.4) is 0 Å². The van der Waals surface area contributed by atoms with Crippen molar-refractivity contribution < 1.29 is 24.1 Å². The molecular formula is C34H36N6O6. The van der Waals surface area contributed by atoms with Crippen LogP contribution in [0.5, 0.6) is 11.5 Å². The smallest absolute Gasteiger partial charge is 0.263 e. The molecule has 6 rings (SSSR count). The van der Waals surface area contributed by atoms with Gasteiger partial charge in [-0.25, -0.2) is 9.67 Å². The van der Waals surface area contributed by atoms with E-state index in [1.165, 1.54) is 10.9 Å². The molecule has 3 heterocycles. The second-order valence-corrected chi connectivity index (χ2v) is 11.2. The Morgan fingerprint density at radius 3 is 2.20 bits per heavy atom. The zero-order chi connectivity index (χ0) is 32.3. The normalized spacial score (nSPS) is 18.3. The summed E-state index contributed by atoms with van der Waals surface area (Å²) >= 11 is 0. The van der Waals surface area contributed by atoms with E-state index in [0.29, 0.717) is 22.5 Å². The summed E-state index contributed by atoms with van der Waals surface area (Å²) in [5.41, 5.74) is 1.48. The lowest BCUT2D eigenvalue weighted by Gasteiger charge is -2.37. The van der Waals surface area contributed by atoms with Crippen molar-refractivity contribution in [1.29, 1.82) is 0 Å². The van der Waals surface area contributed by atoms with E-state index in [-0.39, 0.29) is 24.5 Å². The van der Waals surface area contributed by atoms with Crippen LogP contribution in [-0.4, -0.2) is 83.2 Å². The van der Waals surface area contributed by atoms with Gasteiger partial charge in [0, 0.05) is 20.5 Å². The molecule has 0 spiro atoms. The van der Waals surface area contributed by atoms with E-state index in [1.807, 2.05) is 93.0 Å². The van der Waals surface area contributed by atoms with Gasteiger partial charge in [-0.15, -0.1) is 0 Å². The second-order valence-electron chi connectivity index (χ2n) is 11.2. The fraction of sp³-hybridized carbons (Fsp3) is 0.294. The molecule has 1 fully saturated rings. The molecule has 0 amide bonds. The lowest BCUT2D eigenvalue weighted by atomic mass is 9.80. The number of aliphatic hydroxyl groups excluding tert-OH is 1. The van der Waals surface area contributed by atoms with Gasteiger partial charge in [-0.05, 0) is 41.0 Å². The number of aliphatic hydroxyl groups is 1. The number of ether oxygens (including phenoxy) is 4. The first-order chi connectivity index (χ1) is 22.3. The van der Waals surface area contributed by atoms with Crippen molar-refractivity contribution >= 4 is 23.3 Å². The van der Waals surface area contributed by atoms with E-state index in [9.17, 15) is 9.90 Å². The van der Waals surface area contributed by atoms with Crippen molar-refractivity contribution in [1.82, 2.24) is 24.6 Å². The van der Waals surface area contributed by atoms with Crippen LogP contribution < -0.4 is 15.0 Å². The fourth-order valence-corrected chi connectivity index (χ4v) is 5.66. The predicted molar refractivity (Wildman–Crippen MR) is 173 cm³/mol. The SMILES string of the molecule is COc1ccc(C(OC[C@H]2O[C@@H](n3ncc4c(=O)[nH]c(/N=C/N(C)C)nc43)C[C@@H]2O)(c2ccccc2)c2ccc(OC)cc2)cc1. The van der Waals surface area contributed by atoms with Crippen LogP contribution in [0.15, 0.2) is 94.8 Å².